The first kappa shape index (κ1) is 13.5. The van der Waals surface area contributed by atoms with Gasteiger partial charge < -0.3 is 5.11 Å². The van der Waals surface area contributed by atoms with E-state index in [-0.39, 0.29) is 5.69 Å². The molecule has 0 saturated carbocycles. The quantitative estimate of drug-likeness (QED) is 0.934. The molecular formula is C13H14ClN3O2. The van der Waals surface area contributed by atoms with Crippen LogP contribution in [0.4, 0.5) is 0 Å². The van der Waals surface area contributed by atoms with E-state index in [1.54, 1.807) is 18.2 Å². The standard InChI is InChI=1S/C13H14ClN3O2/c1-8(2)6-11-12(13(18)19)15-16-17(11)10-5-3-4-9(14)7-10/h3-5,7-8H,6H2,1-2H3,(H,18,19). The van der Waals surface area contributed by atoms with Crippen LogP contribution in [0.25, 0.3) is 5.69 Å². The van der Waals surface area contributed by atoms with Crippen molar-refractivity contribution in [3.05, 3.63) is 40.7 Å². The molecule has 0 radical (unpaired) electrons. The summed E-state index contributed by atoms with van der Waals surface area (Å²) < 4.78 is 1.54. The second kappa shape index (κ2) is 5.40. The van der Waals surface area contributed by atoms with Crippen LogP contribution in [0.1, 0.15) is 30.0 Å². The lowest BCUT2D eigenvalue weighted by Crippen LogP contribution is -2.09. The maximum atomic E-state index is 11.2. The predicted octanol–water partition coefficient (Wildman–Crippen LogP) is 2.82. The molecule has 2 aromatic rings. The van der Waals surface area contributed by atoms with Crippen LogP contribution in [-0.4, -0.2) is 26.1 Å². The number of hydrogen-bond acceptors (Lipinski definition) is 3. The van der Waals surface area contributed by atoms with Gasteiger partial charge in [-0.1, -0.05) is 36.7 Å². The highest BCUT2D eigenvalue weighted by molar-refractivity contribution is 6.30. The SMILES string of the molecule is CC(C)Cc1c(C(=O)O)nnn1-c1cccc(Cl)c1. The normalized spacial score (nSPS) is 10.9. The summed E-state index contributed by atoms with van der Waals surface area (Å²) in [6.45, 7) is 4.03. The Morgan fingerprint density at radius 3 is 2.79 bits per heavy atom. The molecule has 19 heavy (non-hydrogen) atoms. The number of carboxylic acids is 1. The van der Waals surface area contributed by atoms with E-state index in [1.807, 2.05) is 19.9 Å². The zero-order valence-corrected chi connectivity index (χ0v) is 11.4. The molecule has 1 aromatic carbocycles. The maximum Gasteiger partial charge on any atom is 0.358 e. The van der Waals surface area contributed by atoms with Crippen molar-refractivity contribution >= 4 is 17.6 Å². The molecule has 6 heteroatoms. The minimum absolute atomic E-state index is 0.00586. The molecule has 1 heterocycles. The Balaban J connectivity index is 2.54. The maximum absolute atomic E-state index is 11.2. The highest BCUT2D eigenvalue weighted by atomic mass is 35.5. The highest BCUT2D eigenvalue weighted by Crippen LogP contribution is 2.19. The fourth-order valence-electron chi connectivity index (χ4n) is 1.85. The second-order valence-electron chi connectivity index (χ2n) is 4.68. The number of hydrogen-bond donors (Lipinski definition) is 1. The zero-order chi connectivity index (χ0) is 14.0. The third-order valence-corrected chi connectivity index (χ3v) is 2.86. The van der Waals surface area contributed by atoms with Crippen LogP contribution < -0.4 is 0 Å². The van der Waals surface area contributed by atoms with E-state index in [1.165, 1.54) is 4.68 Å². The molecule has 0 spiro atoms. The molecule has 0 amide bonds. The molecule has 0 bridgehead atoms. The molecule has 1 N–H and O–H groups in total. The predicted molar refractivity (Wildman–Crippen MR) is 71.9 cm³/mol. The monoisotopic (exact) mass is 279 g/mol. The first-order chi connectivity index (χ1) is 8.99. The molecule has 2 rings (SSSR count). The van der Waals surface area contributed by atoms with Crippen molar-refractivity contribution in [3.63, 3.8) is 0 Å². The van der Waals surface area contributed by atoms with Crippen LogP contribution in [0, 0.1) is 5.92 Å². The highest BCUT2D eigenvalue weighted by Gasteiger charge is 2.20. The van der Waals surface area contributed by atoms with Gasteiger partial charge in [0.15, 0.2) is 5.69 Å². The third kappa shape index (κ3) is 2.93. The summed E-state index contributed by atoms with van der Waals surface area (Å²) >= 11 is 5.94. The smallest absolute Gasteiger partial charge is 0.358 e. The average molecular weight is 280 g/mol. The number of carbonyl (C=O) groups is 1. The Hall–Kier alpha value is -1.88. The van der Waals surface area contributed by atoms with E-state index >= 15 is 0 Å². The van der Waals surface area contributed by atoms with Crippen molar-refractivity contribution < 1.29 is 9.90 Å². The van der Waals surface area contributed by atoms with Gasteiger partial charge in [-0.15, -0.1) is 5.10 Å². The summed E-state index contributed by atoms with van der Waals surface area (Å²) in [5.74, 6) is -0.765. The summed E-state index contributed by atoms with van der Waals surface area (Å²) in [5.41, 5.74) is 1.29. The van der Waals surface area contributed by atoms with E-state index in [0.29, 0.717) is 28.7 Å². The topological polar surface area (TPSA) is 68.0 Å². The summed E-state index contributed by atoms with van der Waals surface area (Å²) in [6, 6.07) is 7.09. The first-order valence-corrected chi connectivity index (χ1v) is 6.30. The van der Waals surface area contributed by atoms with Crippen LogP contribution in [0.3, 0.4) is 0 Å². The van der Waals surface area contributed by atoms with Crippen molar-refractivity contribution in [2.45, 2.75) is 20.3 Å². The number of aromatic nitrogens is 3. The van der Waals surface area contributed by atoms with Gasteiger partial charge in [0.2, 0.25) is 0 Å². The minimum Gasteiger partial charge on any atom is -0.476 e. The van der Waals surface area contributed by atoms with Gasteiger partial charge in [-0.2, -0.15) is 0 Å². The number of aromatic carboxylic acids is 1. The fourth-order valence-corrected chi connectivity index (χ4v) is 2.04. The Kier molecular flexibility index (Phi) is 3.85. The molecule has 1 aromatic heterocycles. The number of carboxylic acid groups (broad SMARTS) is 1. The first-order valence-electron chi connectivity index (χ1n) is 5.93. The Bertz CT molecular complexity index is 608. The van der Waals surface area contributed by atoms with Crippen molar-refractivity contribution in [1.82, 2.24) is 15.0 Å². The Labute approximate surface area is 115 Å². The van der Waals surface area contributed by atoms with Crippen LogP contribution in [-0.2, 0) is 6.42 Å². The average Bonchev–Trinajstić information content (AvgIpc) is 2.71. The fraction of sp³-hybridized carbons (Fsp3) is 0.308. The molecule has 100 valence electrons. The van der Waals surface area contributed by atoms with Crippen molar-refractivity contribution in [2.24, 2.45) is 5.92 Å². The van der Waals surface area contributed by atoms with Gasteiger partial charge in [-0.05, 0) is 30.5 Å². The molecule has 0 aliphatic heterocycles. The molecule has 0 aliphatic rings. The molecule has 0 fully saturated rings. The van der Waals surface area contributed by atoms with Gasteiger partial charge in [0.25, 0.3) is 0 Å². The van der Waals surface area contributed by atoms with Crippen LogP contribution in [0.15, 0.2) is 24.3 Å². The van der Waals surface area contributed by atoms with Crippen molar-refractivity contribution in [1.29, 1.82) is 0 Å². The lowest BCUT2D eigenvalue weighted by atomic mass is 10.1. The molecule has 0 aliphatic carbocycles. The number of benzene rings is 1. The Morgan fingerprint density at radius 1 is 1.47 bits per heavy atom. The van der Waals surface area contributed by atoms with E-state index in [0.717, 1.165) is 0 Å². The molecule has 0 unspecified atom stereocenters. The van der Waals surface area contributed by atoms with E-state index in [4.69, 9.17) is 16.7 Å². The van der Waals surface area contributed by atoms with E-state index in [9.17, 15) is 4.79 Å². The summed E-state index contributed by atoms with van der Waals surface area (Å²) in [5, 5.41) is 17.4. The van der Waals surface area contributed by atoms with E-state index < -0.39 is 5.97 Å². The van der Waals surface area contributed by atoms with Gasteiger partial charge in [-0.3, -0.25) is 0 Å². The molecule has 0 atom stereocenters. The zero-order valence-electron chi connectivity index (χ0n) is 10.7. The van der Waals surface area contributed by atoms with Gasteiger partial charge in [0.05, 0.1) is 11.4 Å². The second-order valence-corrected chi connectivity index (χ2v) is 5.12. The number of halogens is 1. The lowest BCUT2D eigenvalue weighted by Gasteiger charge is -2.09. The van der Waals surface area contributed by atoms with E-state index in [2.05, 4.69) is 10.3 Å². The van der Waals surface area contributed by atoms with Gasteiger partial charge in [0, 0.05) is 5.02 Å². The van der Waals surface area contributed by atoms with Crippen LogP contribution >= 0.6 is 11.6 Å². The molecular weight excluding hydrogens is 266 g/mol. The van der Waals surface area contributed by atoms with Gasteiger partial charge >= 0.3 is 5.97 Å². The van der Waals surface area contributed by atoms with Crippen molar-refractivity contribution in [3.8, 4) is 5.69 Å². The molecule has 0 saturated heterocycles. The molecule has 5 nitrogen and oxygen atoms in total. The summed E-state index contributed by atoms with van der Waals surface area (Å²) in [7, 11) is 0. The van der Waals surface area contributed by atoms with Crippen LogP contribution in [0.5, 0.6) is 0 Å². The largest absolute Gasteiger partial charge is 0.476 e. The number of rotatable bonds is 4. The minimum atomic E-state index is -1.07. The van der Waals surface area contributed by atoms with Crippen molar-refractivity contribution in [2.75, 3.05) is 0 Å². The van der Waals surface area contributed by atoms with Gasteiger partial charge in [-0.25, -0.2) is 9.48 Å². The number of nitrogens with zero attached hydrogens (tertiary/aromatic N) is 3. The van der Waals surface area contributed by atoms with Crippen LogP contribution in [0.2, 0.25) is 5.02 Å². The summed E-state index contributed by atoms with van der Waals surface area (Å²) in [4.78, 5) is 11.2. The van der Waals surface area contributed by atoms with Gasteiger partial charge in [0.1, 0.15) is 0 Å². The lowest BCUT2D eigenvalue weighted by molar-refractivity contribution is 0.0689. The summed E-state index contributed by atoms with van der Waals surface area (Å²) in [6.07, 6.45) is 0.584. The third-order valence-electron chi connectivity index (χ3n) is 2.62. The Morgan fingerprint density at radius 2 is 2.21 bits per heavy atom.